The van der Waals surface area contributed by atoms with Gasteiger partial charge in [0.05, 0.1) is 0 Å². The number of amides is 1. The Kier molecular flexibility index (Phi) is 5.12. The summed E-state index contributed by atoms with van der Waals surface area (Å²) in [6, 6.07) is 0.0538. The monoisotopic (exact) mass is 165 g/mol. The van der Waals surface area contributed by atoms with Gasteiger partial charge in [-0.3, -0.25) is 0 Å². The number of carbonyl (C=O) groups excluding carboxylic acids is 1. The molecule has 1 N–H and O–H groups in total. The van der Waals surface area contributed by atoms with E-state index < -0.39 is 6.09 Å². The SMILES string of the molecule is CC[C@H](C)NC(=O)OCCl. The van der Waals surface area contributed by atoms with Crippen molar-refractivity contribution in [3.63, 3.8) is 0 Å². The van der Waals surface area contributed by atoms with Gasteiger partial charge in [-0.25, -0.2) is 4.79 Å². The fourth-order valence-corrected chi connectivity index (χ4v) is 0.494. The van der Waals surface area contributed by atoms with Crippen LogP contribution in [0.15, 0.2) is 0 Å². The summed E-state index contributed by atoms with van der Waals surface area (Å²) in [6.07, 6.45) is 0.432. The number of rotatable bonds is 3. The van der Waals surface area contributed by atoms with E-state index in [-0.39, 0.29) is 12.1 Å². The molecule has 0 heterocycles. The van der Waals surface area contributed by atoms with Crippen LogP contribution >= 0.6 is 11.6 Å². The van der Waals surface area contributed by atoms with Gasteiger partial charge in [0.15, 0.2) is 6.07 Å². The lowest BCUT2D eigenvalue weighted by Gasteiger charge is -2.09. The van der Waals surface area contributed by atoms with Crippen LogP contribution < -0.4 is 5.32 Å². The van der Waals surface area contributed by atoms with E-state index in [1.165, 1.54) is 0 Å². The second kappa shape index (κ2) is 5.35. The zero-order valence-corrected chi connectivity index (χ0v) is 6.94. The van der Waals surface area contributed by atoms with Crippen molar-refractivity contribution in [3.8, 4) is 0 Å². The lowest BCUT2D eigenvalue weighted by Crippen LogP contribution is -2.32. The van der Waals surface area contributed by atoms with Gasteiger partial charge in [0.1, 0.15) is 0 Å². The molecule has 0 aromatic rings. The Hall–Kier alpha value is -0.440. The molecule has 0 aromatic heterocycles. The molecule has 60 valence electrons. The molecule has 0 aliphatic heterocycles. The third-order valence-corrected chi connectivity index (χ3v) is 1.27. The quantitative estimate of drug-likeness (QED) is 0.647. The molecule has 1 amide bonds. The zero-order chi connectivity index (χ0) is 7.98. The minimum atomic E-state index is -0.454. The first-order valence-corrected chi connectivity index (χ1v) is 3.73. The maximum atomic E-state index is 10.6. The Morgan fingerprint density at radius 1 is 1.80 bits per heavy atom. The first kappa shape index (κ1) is 9.56. The van der Waals surface area contributed by atoms with Crippen molar-refractivity contribution in [2.24, 2.45) is 0 Å². The summed E-state index contributed by atoms with van der Waals surface area (Å²) < 4.78 is 4.43. The molecule has 1 atom stereocenters. The molecule has 3 nitrogen and oxygen atoms in total. The normalized spacial score (nSPS) is 12.3. The van der Waals surface area contributed by atoms with Gasteiger partial charge in [-0.2, -0.15) is 0 Å². The van der Waals surface area contributed by atoms with Gasteiger partial charge in [-0.1, -0.05) is 18.5 Å². The maximum Gasteiger partial charge on any atom is 0.408 e. The smallest absolute Gasteiger partial charge is 0.408 e. The topological polar surface area (TPSA) is 38.3 Å². The Balaban J connectivity index is 3.37. The molecular formula is C6H12ClNO2. The number of alkyl carbamates (subject to hydrolysis) is 1. The molecule has 0 aliphatic rings. The highest BCUT2D eigenvalue weighted by Gasteiger charge is 2.03. The molecule has 4 heteroatoms. The minimum Gasteiger partial charge on any atom is -0.433 e. The Bertz CT molecular complexity index is 108. The van der Waals surface area contributed by atoms with E-state index in [0.717, 1.165) is 6.42 Å². The summed E-state index contributed by atoms with van der Waals surface area (Å²) in [4.78, 5) is 10.6. The minimum absolute atomic E-state index is 0.0950. The van der Waals surface area contributed by atoms with Crippen molar-refractivity contribution in [3.05, 3.63) is 0 Å². The molecule has 0 saturated heterocycles. The molecule has 0 spiro atoms. The maximum absolute atomic E-state index is 10.6. The molecule has 0 bridgehead atoms. The average molecular weight is 166 g/mol. The third-order valence-electron chi connectivity index (χ3n) is 1.16. The highest BCUT2D eigenvalue weighted by atomic mass is 35.5. The molecule has 0 rings (SSSR count). The van der Waals surface area contributed by atoms with Crippen molar-refractivity contribution < 1.29 is 9.53 Å². The molecule has 10 heavy (non-hydrogen) atoms. The molecular weight excluding hydrogens is 154 g/mol. The highest BCUT2D eigenvalue weighted by molar-refractivity contribution is 6.17. The van der Waals surface area contributed by atoms with Gasteiger partial charge in [-0.05, 0) is 13.3 Å². The Morgan fingerprint density at radius 2 is 2.40 bits per heavy atom. The van der Waals surface area contributed by atoms with Crippen molar-refractivity contribution in [1.29, 1.82) is 0 Å². The van der Waals surface area contributed by atoms with Crippen molar-refractivity contribution >= 4 is 17.7 Å². The van der Waals surface area contributed by atoms with Gasteiger partial charge < -0.3 is 10.1 Å². The van der Waals surface area contributed by atoms with Crippen molar-refractivity contribution in [1.82, 2.24) is 5.32 Å². The van der Waals surface area contributed by atoms with Gasteiger partial charge >= 0.3 is 6.09 Å². The van der Waals surface area contributed by atoms with Gasteiger partial charge in [0, 0.05) is 6.04 Å². The molecule has 0 unspecified atom stereocenters. The predicted molar refractivity (Wildman–Crippen MR) is 40.1 cm³/mol. The van der Waals surface area contributed by atoms with Crippen molar-refractivity contribution in [2.45, 2.75) is 26.3 Å². The van der Waals surface area contributed by atoms with Gasteiger partial charge in [0.25, 0.3) is 0 Å². The zero-order valence-electron chi connectivity index (χ0n) is 6.19. The summed E-state index contributed by atoms with van der Waals surface area (Å²) in [5, 5.41) is 2.58. The predicted octanol–water partition coefficient (Wildman–Crippen LogP) is 1.71. The second-order valence-corrected chi connectivity index (χ2v) is 2.21. The highest BCUT2D eigenvalue weighted by Crippen LogP contribution is 1.89. The van der Waals surface area contributed by atoms with Crippen LogP contribution in [0.4, 0.5) is 4.79 Å². The van der Waals surface area contributed by atoms with Crippen LogP contribution in [0.25, 0.3) is 0 Å². The van der Waals surface area contributed by atoms with E-state index in [9.17, 15) is 4.79 Å². The molecule has 0 radical (unpaired) electrons. The molecule has 0 aromatic carbocycles. The Morgan fingerprint density at radius 3 is 2.80 bits per heavy atom. The lowest BCUT2D eigenvalue weighted by molar-refractivity contribution is 0.160. The number of hydrogen-bond acceptors (Lipinski definition) is 2. The second-order valence-electron chi connectivity index (χ2n) is 1.99. The Labute approximate surface area is 65.7 Å². The standard InChI is InChI=1S/C6H12ClNO2/c1-3-5(2)8-6(9)10-4-7/h5H,3-4H2,1-2H3,(H,8,9)/t5-/m0/s1. The largest absolute Gasteiger partial charge is 0.433 e. The summed E-state index contributed by atoms with van der Waals surface area (Å²) in [7, 11) is 0. The number of ether oxygens (including phenoxy) is 1. The van der Waals surface area contributed by atoms with Crippen LogP contribution in [0.1, 0.15) is 20.3 Å². The molecule has 0 saturated carbocycles. The first-order valence-electron chi connectivity index (χ1n) is 3.20. The van der Waals surface area contributed by atoms with Crippen LogP contribution in [0, 0.1) is 0 Å². The van der Waals surface area contributed by atoms with E-state index in [2.05, 4.69) is 10.1 Å². The van der Waals surface area contributed by atoms with E-state index in [1.807, 2.05) is 13.8 Å². The first-order chi connectivity index (χ1) is 4.70. The summed E-state index contributed by atoms with van der Waals surface area (Å²) in [5.41, 5.74) is 0. The fourth-order valence-electron chi connectivity index (χ4n) is 0.394. The number of alkyl halides is 1. The third kappa shape index (κ3) is 4.44. The van der Waals surface area contributed by atoms with Gasteiger partial charge in [0.2, 0.25) is 0 Å². The van der Waals surface area contributed by atoms with Crippen molar-refractivity contribution in [2.75, 3.05) is 6.07 Å². The number of nitrogens with one attached hydrogen (secondary N) is 1. The van der Waals surface area contributed by atoms with Crippen LogP contribution in [0.3, 0.4) is 0 Å². The van der Waals surface area contributed by atoms with Gasteiger partial charge in [-0.15, -0.1) is 0 Å². The number of carbonyl (C=O) groups is 1. The lowest BCUT2D eigenvalue weighted by atomic mass is 10.3. The fraction of sp³-hybridized carbons (Fsp3) is 0.833. The van der Waals surface area contributed by atoms with Crippen LogP contribution in [-0.2, 0) is 4.74 Å². The van der Waals surface area contributed by atoms with Crippen LogP contribution in [0.5, 0.6) is 0 Å². The molecule has 0 aliphatic carbocycles. The summed E-state index contributed by atoms with van der Waals surface area (Å²) in [6.45, 7) is 3.88. The van der Waals surface area contributed by atoms with E-state index in [4.69, 9.17) is 11.6 Å². The van der Waals surface area contributed by atoms with Crippen LogP contribution in [-0.4, -0.2) is 18.2 Å². The summed E-state index contributed by atoms with van der Waals surface area (Å²) in [5.74, 6) is 0. The van der Waals surface area contributed by atoms with E-state index in [0.29, 0.717) is 0 Å². The van der Waals surface area contributed by atoms with E-state index in [1.54, 1.807) is 0 Å². The number of halogens is 1. The number of hydrogen-bond donors (Lipinski definition) is 1. The molecule has 0 fully saturated rings. The average Bonchev–Trinajstić information content (AvgIpc) is 1.88. The van der Waals surface area contributed by atoms with Crippen LogP contribution in [0.2, 0.25) is 0 Å². The van der Waals surface area contributed by atoms with E-state index >= 15 is 0 Å². The summed E-state index contributed by atoms with van der Waals surface area (Å²) >= 11 is 5.14.